The van der Waals surface area contributed by atoms with Gasteiger partial charge >= 0.3 is 0 Å². The van der Waals surface area contributed by atoms with Crippen LogP contribution in [0, 0.1) is 5.92 Å². The van der Waals surface area contributed by atoms with Crippen LogP contribution in [-0.4, -0.2) is 57.3 Å². The van der Waals surface area contributed by atoms with Gasteiger partial charge in [0.05, 0.1) is 18.2 Å². The van der Waals surface area contributed by atoms with E-state index in [4.69, 9.17) is 0 Å². The van der Waals surface area contributed by atoms with Crippen LogP contribution in [0.25, 0.3) is 6.08 Å². The SMILES string of the molecule is C/C=C/CC(CC)C(=O)N1CC2=C(CN(C(=O)/C=C/c3cncn3C)C2)C1. The van der Waals surface area contributed by atoms with Crippen LogP contribution < -0.4 is 0 Å². The fraction of sp³-hybridized carbons (Fsp3) is 0.476. The van der Waals surface area contributed by atoms with Gasteiger partial charge in [-0.3, -0.25) is 9.59 Å². The summed E-state index contributed by atoms with van der Waals surface area (Å²) in [5.74, 6) is 0.294. The van der Waals surface area contributed by atoms with Crippen LogP contribution in [-0.2, 0) is 16.6 Å². The average molecular weight is 368 g/mol. The van der Waals surface area contributed by atoms with Gasteiger partial charge in [0.1, 0.15) is 0 Å². The topological polar surface area (TPSA) is 58.4 Å². The smallest absolute Gasteiger partial charge is 0.247 e. The summed E-state index contributed by atoms with van der Waals surface area (Å²) in [6.07, 6.45) is 12.6. The predicted molar refractivity (Wildman–Crippen MR) is 106 cm³/mol. The highest BCUT2D eigenvalue weighted by Gasteiger charge is 2.34. The number of amides is 2. The summed E-state index contributed by atoms with van der Waals surface area (Å²) in [5.41, 5.74) is 3.35. The molecule has 2 aliphatic heterocycles. The summed E-state index contributed by atoms with van der Waals surface area (Å²) in [6.45, 7) is 6.62. The number of hydrogen-bond acceptors (Lipinski definition) is 3. The summed E-state index contributed by atoms with van der Waals surface area (Å²) in [4.78, 5) is 33.1. The molecule has 0 spiro atoms. The molecule has 0 N–H and O–H groups in total. The molecule has 27 heavy (non-hydrogen) atoms. The van der Waals surface area contributed by atoms with Gasteiger partial charge in [-0.05, 0) is 37.0 Å². The lowest BCUT2D eigenvalue weighted by Crippen LogP contribution is -2.38. The number of carbonyl (C=O) groups excluding carboxylic acids is 2. The quantitative estimate of drug-likeness (QED) is 0.572. The number of rotatable bonds is 6. The fourth-order valence-electron chi connectivity index (χ4n) is 3.68. The maximum absolute atomic E-state index is 12.8. The van der Waals surface area contributed by atoms with Crippen LogP contribution in [0.4, 0.5) is 0 Å². The number of aromatic nitrogens is 2. The van der Waals surface area contributed by atoms with Crippen LogP contribution >= 0.6 is 0 Å². The molecule has 2 amide bonds. The van der Waals surface area contributed by atoms with E-state index in [2.05, 4.69) is 18.0 Å². The second kappa shape index (κ2) is 8.37. The Morgan fingerprint density at radius 3 is 2.41 bits per heavy atom. The van der Waals surface area contributed by atoms with Crippen molar-refractivity contribution in [3.63, 3.8) is 0 Å². The predicted octanol–water partition coefficient (Wildman–Crippen LogP) is 2.41. The molecule has 0 radical (unpaired) electrons. The third-order valence-electron chi connectivity index (χ3n) is 5.40. The van der Waals surface area contributed by atoms with Crippen LogP contribution in [0.2, 0.25) is 0 Å². The van der Waals surface area contributed by atoms with E-state index in [-0.39, 0.29) is 17.7 Å². The molecule has 0 fully saturated rings. The van der Waals surface area contributed by atoms with Crippen molar-refractivity contribution >= 4 is 17.9 Å². The standard InChI is InChI=1S/C21H28N4O2/c1-4-6-7-16(5-2)21(27)25-13-17-11-24(12-18(17)14-25)20(26)9-8-19-10-22-15-23(19)3/h4,6,8-10,15-16H,5,7,11-14H2,1-3H3/b6-4+,9-8+. The molecule has 3 rings (SSSR count). The lowest BCUT2D eigenvalue weighted by molar-refractivity contribution is -0.134. The van der Waals surface area contributed by atoms with Gasteiger partial charge < -0.3 is 14.4 Å². The van der Waals surface area contributed by atoms with E-state index in [0.717, 1.165) is 18.5 Å². The van der Waals surface area contributed by atoms with Crippen LogP contribution in [0.1, 0.15) is 32.4 Å². The number of hydrogen-bond donors (Lipinski definition) is 0. The zero-order chi connectivity index (χ0) is 19.4. The van der Waals surface area contributed by atoms with Gasteiger partial charge in [-0.1, -0.05) is 19.1 Å². The number of carbonyl (C=O) groups is 2. The lowest BCUT2D eigenvalue weighted by Gasteiger charge is -2.25. The molecule has 1 aromatic rings. The Balaban J connectivity index is 1.54. The van der Waals surface area contributed by atoms with Gasteiger partial charge in [-0.25, -0.2) is 4.98 Å². The summed E-state index contributed by atoms with van der Waals surface area (Å²) < 4.78 is 1.87. The molecule has 0 aliphatic carbocycles. The van der Waals surface area contributed by atoms with Gasteiger partial charge in [0.2, 0.25) is 11.8 Å². The van der Waals surface area contributed by atoms with Crippen LogP contribution in [0.3, 0.4) is 0 Å². The Hall–Kier alpha value is -2.63. The zero-order valence-electron chi connectivity index (χ0n) is 16.4. The van der Waals surface area contributed by atoms with Crippen LogP contribution in [0.15, 0.2) is 41.9 Å². The summed E-state index contributed by atoms with van der Waals surface area (Å²) in [7, 11) is 1.90. The third kappa shape index (κ3) is 4.21. The monoisotopic (exact) mass is 368 g/mol. The molecule has 2 aliphatic rings. The van der Waals surface area contributed by atoms with Crippen molar-refractivity contribution in [2.24, 2.45) is 13.0 Å². The van der Waals surface area contributed by atoms with E-state index in [1.54, 1.807) is 24.7 Å². The number of imidazole rings is 1. The first-order valence-electron chi connectivity index (χ1n) is 9.56. The first-order chi connectivity index (χ1) is 13.0. The van der Waals surface area contributed by atoms with Crippen molar-refractivity contribution in [1.29, 1.82) is 0 Å². The van der Waals surface area contributed by atoms with Gasteiger partial charge in [-0.2, -0.15) is 0 Å². The molecule has 1 atom stereocenters. The minimum atomic E-state index is 0.00277. The van der Waals surface area contributed by atoms with Crippen molar-refractivity contribution in [2.45, 2.75) is 26.7 Å². The molecule has 0 bridgehead atoms. The average Bonchev–Trinajstić information content (AvgIpc) is 3.34. The molecule has 0 saturated heterocycles. The Morgan fingerprint density at radius 2 is 1.85 bits per heavy atom. The van der Waals surface area contributed by atoms with E-state index >= 15 is 0 Å². The van der Waals surface area contributed by atoms with Crippen molar-refractivity contribution in [2.75, 3.05) is 26.2 Å². The highest BCUT2D eigenvalue weighted by atomic mass is 16.2. The molecule has 144 valence electrons. The van der Waals surface area contributed by atoms with E-state index in [9.17, 15) is 9.59 Å². The van der Waals surface area contributed by atoms with Crippen molar-refractivity contribution in [3.8, 4) is 0 Å². The van der Waals surface area contributed by atoms with E-state index in [1.807, 2.05) is 34.4 Å². The third-order valence-corrected chi connectivity index (χ3v) is 5.40. The molecular formula is C21H28N4O2. The Kier molecular flexibility index (Phi) is 5.94. The molecule has 1 unspecified atom stereocenters. The molecule has 0 aromatic carbocycles. The normalized spacial score (nSPS) is 18.2. The summed E-state index contributed by atoms with van der Waals surface area (Å²) >= 11 is 0. The molecular weight excluding hydrogens is 340 g/mol. The molecule has 3 heterocycles. The first-order valence-corrected chi connectivity index (χ1v) is 9.56. The lowest BCUT2D eigenvalue weighted by atomic mass is 10.0. The van der Waals surface area contributed by atoms with Gasteiger partial charge in [-0.15, -0.1) is 0 Å². The molecule has 6 nitrogen and oxygen atoms in total. The number of allylic oxidation sites excluding steroid dienone is 2. The molecule has 6 heteroatoms. The van der Waals surface area contributed by atoms with Gasteiger partial charge in [0.25, 0.3) is 0 Å². The second-order valence-corrected chi connectivity index (χ2v) is 7.27. The molecule has 1 aromatic heterocycles. The van der Waals surface area contributed by atoms with Crippen molar-refractivity contribution in [3.05, 3.63) is 47.6 Å². The summed E-state index contributed by atoms with van der Waals surface area (Å²) in [6, 6.07) is 0. The van der Waals surface area contributed by atoms with Crippen molar-refractivity contribution in [1.82, 2.24) is 19.4 Å². The first kappa shape index (κ1) is 19.1. The molecule has 0 saturated carbocycles. The van der Waals surface area contributed by atoms with E-state index in [1.165, 1.54) is 11.1 Å². The highest BCUT2D eigenvalue weighted by molar-refractivity contribution is 5.92. The summed E-state index contributed by atoms with van der Waals surface area (Å²) in [5, 5.41) is 0. The number of nitrogens with zero attached hydrogens (tertiary/aromatic N) is 4. The maximum Gasteiger partial charge on any atom is 0.247 e. The Morgan fingerprint density at radius 1 is 1.19 bits per heavy atom. The largest absolute Gasteiger partial charge is 0.334 e. The Labute approximate surface area is 160 Å². The van der Waals surface area contributed by atoms with Crippen LogP contribution in [0.5, 0.6) is 0 Å². The van der Waals surface area contributed by atoms with E-state index in [0.29, 0.717) is 26.2 Å². The fourth-order valence-corrected chi connectivity index (χ4v) is 3.68. The highest BCUT2D eigenvalue weighted by Crippen LogP contribution is 2.28. The van der Waals surface area contributed by atoms with Crippen molar-refractivity contribution < 1.29 is 9.59 Å². The maximum atomic E-state index is 12.8. The minimum Gasteiger partial charge on any atom is -0.334 e. The second-order valence-electron chi connectivity index (χ2n) is 7.27. The van der Waals surface area contributed by atoms with E-state index < -0.39 is 0 Å². The zero-order valence-corrected chi connectivity index (χ0v) is 16.4. The minimum absolute atomic E-state index is 0.00277. The number of aryl methyl sites for hydroxylation is 1. The van der Waals surface area contributed by atoms with Gasteiger partial charge in [0, 0.05) is 45.2 Å². The van der Waals surface area contributed by atoms with Gasteiger partial charge in [0.15, 0.2) is 0 Å². The Bertz CT molecular complexity index is 785.